The number of benzene rings is 2. The lowest BCUT2D eigenvalue weighted by Crippen LogP contribution is -2.50. The quantitative estimate of drug-likeness (QED) is 0.539. The molecule has 1 aromatic heterocycles. The molecule has 34 heavy (non-hydrogen) atoms. The van der Waals surface area contributed by atoms with Gasteiger partial charge in [-0.05, 0) is 43.7 Å². The molecule has 2 heterocycles. The molecule has 0 saturated carbocycles. The van der Waals surface area contributed by atoms with Gasteiger partial charge in [-0.2, -0.15) is 14.7 Å². The van der Waals surface area contributed by atoms with Crippen molar-refractivity contribution in [3.05, 3.63) is 81.6 Å². The number of nitrogens with zero attached hydrogens (tertiary/aromatic N) is 5. The minimum atomic E-state index is -3.71. The Kier molecular flexibility index (Phi) is 6.75. The number of piperazine rings is 1. The first-order valence-corrected chi connectivity index (χ1v) is 12.6. The molecule has 1 aliphatic rings. The van der Waals surface area contributed by atoms with Crippen LogP contribution in [0.3, 0.4) is 0 Å². The van der Waals surface area contributed by atoms with E-state index in [2.05, 4.69) is 5.10 Å². The smallest absolute Gasteiger partial charge is 0.258 e. The number of halogens is 1. The molecule has 1 fully saturated rings. The van der Waals surface area contributed by atoms with Gasteiger partial charge in [0.25, 0.3) is 5.91 Å². The molecular formula is C24H24ClN5O3S. The highest BCUT2D eigenvalue weighted by atomic mass is 35.5. The van der Waals surface area contributed by atoms with Crippen molar-refractivity contribution in [2.75, 3.05) is 26.2 Å². The molecule has 0 radical (unpaired) electrons. The minimum Gasteiger partial charge on any atom is -0.336 e. The van der Waals surface area contributed by atoms with E-state index in [-0.39, 0.29) is 42.1 Å². The Labute approximate surface area is 204 Å². The number of sulfonamides is 1. The number of amides is 1. The minimum absolute atomic E-state index is 0.127. The summed E-state index contributed by atoms with van der Waals surface area (Å²) in [6.07, 6.45) is 0. The van der Waals surface area contributed by atoms with Gasteiger partial charge in [0.1, 0.15) is 5.15 Å². The van der Waals surface area contributed by atoms with Crippen molar-refractivity contribution in [2.24, 2.45) is 0 Å². The molecule has 1 saturated heterocycles. The van der Waals surface area contributed by atoms with Crippen molar-refractivity contribution < 1.29 is 13.2 Å². The average Bonchev–Trinajstić information content (AvgIpc) is 3.12. The Morgan fingerprint density at radius 1 is 1.03 bits per heavy atom. The van der Waals surface area contributed by atoms with Crippen molar-refractivity contribution in [1.82, 2.24) is 19.0 Å². The summed E-state index contributed by atoms with van der Waals surface area (Å²) in [7, 11) is -3.71. The molecule has 1 aliphatic heterocycles. The Balaban J connectivity index is 1.45. The van der Waals surface area contributed by atoms with Crippen LogP contribution in [0.25, 0.3) is 0 Å². The lowest BCUT2D eigenvalue weighted by atomic mass is 10.1. The van der Waals surface area contributed by atoms with Gasteiger partial charge in [0.2, 0.25) is 10.0 Å². The summed E-state index contributed by atoms with van der Waals surface area (Å²) in [5.74, 6) is -0.256. The second kappa shape index (κ2) is 9.58. The van der Waals surface area contributed by atoms with Crippen LogP contribution in [0, 0.1) is 25.2 Å². The van der Waals surface area contributed by atoms with Gasteiger partial charge < -0.3 is 4.90 Å². The highest BCUT2D eigenvalue weighted by Gasteiger charge is 2.32. The normalized spacial score (nSPS) is 14.7. The molecule has 2 aromatic carbocycles. The monoisotopic (exact) mass is 497 g/mol. The summed E-state index contributed by atoms with van der Waals surface area (Å²) in [5, 5.41) is 13.7. The Bertz CT molecular complexity index is 1350. The summed E-state index contributed by atoms with van der Waals surface area (Å²) in [4.78, 5) is 15.0. The maximum atomic E-state index is 13.2. The topological polar surface area (TPSA) is 99.3 Å². The molecule has 0 N–H and O–H groups in total. The van der Waals surface area contributed by atoms with Gasteiger partial charge in [0.15, 0.2) is 0 Å². The molecule has 8 nitrogen and oxygen atoms in total. The first-order chi connectivity index (χ1) is 16.2. The van der Waals surface area contributed by atoms with Gasteiger partial charge in [-0.15, -0.1) is 0 Å². The molecule has 0 bridgehead atoms. The number of hydrogen-bond donors (Lipinski definition) is 0. The fraction of sp³-hybridized carbons (Fsp3) is 0.292. The molecule has 3 aromatic rings. The fourth-order valence-corrected chi connectivity index (χ4v) is 5.64. The second-order valence-corrected chi connectivity index (χ2v) is 10.5. The highest BCUT2D eigenvalue weighted by molar-refractivity contribution is 7.89. The van der Waals surface area contributed by atoms with E-state index < -0.39 is 10.0 Å². The van der Waals surface area contributed by atoms with Gasteiger partial charge in [-0.3, -0.25) is 4.79 Å². The van der Waals surface area contributed by atoms with Crippen molar-refractivity contribution in [3.8, 4) is 6.07 Å². The van der Waals surface area contributed by atoms with Crippen LogP contribution in [-0.2, 0) is 16.6 Å². The third-order valence-corrected chi connectivity index (χ3v) is 8.18. The van der Waals surface area contributed by atoms with Crippen LogP contribution in [0.15, 0.2) is 53.4 Å². The number of aromatic nitrogens is 2. The van der Waals surface area contributed by atoms with E-state index in [4.69, 9.17) is 16.9 Å². The Morgan fingerprint density at radius 2 is 1.65 bits per heavy atom. The third kappa shape index (κ3) is 4.71. The fourth-order valence-electron chi connectivity index (χ4n) is 3.91. The van der Waals surface area contributed by atoms with Crippen LogP contribution in [-0.4, -0.2) is 59.5 Å². The average molecular weight is 498 g/mol. The van der Waals surface area contributed by atoms with Crippen LogP contribution in [0.2, 0.25) is 5.15 Å². The number of carbonyl (C=O) groups excluding carboxylic acids is 1. The zero-order chi connectivity index (χ0) is 24.5. The molecule has 0 atom stereocenters. The van der Waals surface area contributed by atoms with Gasteiger partial charge in [0.05, 0.1) is 34.3 Å². The van der Waals surface area contributed by atoms with Crippen molar-refractivity contribution in [3.63, 3.8) is 0 Å². The number of hydrogen-bond acceptors (Lipinski definition) is 5. The van der Waals surface area contributed by atoms with E-state index in [1.165, 1.54) is 28.6 Å². The first kappa shape index (κ1) is 24.0. The summed E-state index contributed by atoms with van der Waals surface area (Å²) < 4.78 is 28.9. The maximum Gasteiger partial charge on any atom is 0.258 e. The molecule has 0 unspecified atom stereocenters. The number of rotatable bonds is 5. The van der Waals surface area contributed by atoms with E-state index in [1.807, 2.05) is 37.3 Å². The van der Waals surface area contributed by atoms with E-state index in [9.17, 15) is 13.2 Å². The van der Waals surface area contributed by atoms with E-state index in [1.54, 1.807) is 16.5 Å². The maximum absolute atomic E-state index is 13.2. The van der Waals surface area contributed by atoms with Gasteiger partial charge in [-0.25, -0.2) is 13.1 Å². The van der Waals surface area contributed by atoms with Gasteiger partial charge in [-0.1, -0.05) is 41.4 Å². The molecule has 10 heteroatoms. The predicted octanol–water partition coefficient (Wildman–Crippen LogP) is 3.22. The molecule has 1 amide bonds. The van der Waals surface area contributed by atoms with Crippen molar-refractivity contribution in [1.29, 1.82) is 5.26 Å². The summed E-state index contributed by atoms with van der Waals surface area (Å²) in [6.45, 7) is 5.03. The molecule has 176 valence electrons. The summed E-state index contributed by atoms with van der Waals surface area (Å²) in [6, 6.07) is 15.8. The first-order valence-electron chi connectivity index (χ1n) is 10.8. The SMILES string of the molecule is Cc1ccc(Cn2nc(C)c(C(=O)N3CCN(S(=O)(=O)c4ccc(C#N)cc4)CC3)c2Cl)cc1. The largest absolute Gasteiger partial charge is 0.336 e. The molecule has 0 spiro atoms. The molecule has 4 rings (SSSR count). The van der Waals surface area contributed by atoms with E-state index >= 15 is 0 Å². The van der Waals surface area contributed by atoms with Crippen molar-refractivity contribution >= 4 is 27.5 Å². The lowest BCUT2D eigenvalue weighted by molar-refractivity contribution is 0.0697. The van der Waals surface area contributed by atoms with E-state index in [0.29, 0.717) is 23.4 Å². The number of carbonyl (C=O) groups is 1. The van der Waals surface area contributed by atoms with Crippen LogP contribution < -0.4 is 0 Å². The predicted molar refractivity (Wildman–Crippen MR) is 128 cm³/mol. The highest BCUT2D eigenvalue weighted by Crippen LogP contribution is 2.25. The van der Waals surface area contributed by atoms with Crippen LogP contribution >= 0.6 is 11.6 Å². The lowest BCUT2D eigenvalue weighted by Gasteiger charge is -2.34. The number of aryl methyl sites for hydroxylation is 2. The Hall–Kier alpha value is -3.19. The van der Waals surface area contributed by atoms with Crippen LogP contribution in [0.4, 0.5) is 0 Å². The van der Waals surface area contributed by atoms with Crippen LogP contribution in [0.5, 0.6) is 0 Å². The van der Waals surface area contributed by atoms with Gasteiger partial charge in [0, 0.05) is 26.2 Å². The third-order valence-electron chi connectivity index (χ3n) is 5.88. The zero-order valence-electron chi connectivity index (χ0n) is 18.9. The van der Waals surface area contributed by atoms with Crippen molar-refractivity contribution in [2.45, 2.75) is 25.3 Å². The molecular weight excluding hydrogens is 474 g/mol. The zero-order valence-corrected chi connectivity index (χ0v) is 20.5. The summed E-state index contributed by atoms with van der Waals surface area (Å²) in [5.41, 5.74) is 3.45. The molecule has 0 aliphatic carbocycles. The number of nitriles is 1. The Morgan fingerprint density at radius 3 is 2.24 bits per heavy atom. The second-order valence-electron chi connectivity index (χ2n) is 8.23. The van der Waals surface area contributed by atoms with E-state index in [0.717, 1.165) is 11.1 Å². The standard InChI is InChI=1S/C24H24ClN5O3S/c1-17-3-5-20(6-4-17)16-30-23(25)22(18(2)27-30)24(31)28-11-13-29(14-12-28)34(32,33)21-9-7-19(15-26)8-10-21/h3-10H,11-14,16H2,1-2H3. The van der Waals surface area contributed by atoms with Gasteiger partial charge >= 0.3 is 0 Å². The van der Waals surface area contributed by atoms with Crippen LogP contribution in [0.1, 0.15) is 32.7 Å². The summed E-state index contributed by atoms with van der Waals surface area (Å²) >= 11 is 6.55.